The normalized spacial score (nSPS) is 17.9. The first kappa shape index (κ1) is 21.9. The Morgan fingerprint density at radius 1 is 1.17 bits per heavy atom. The van der Waals surface area contributed by atoms with Crippen molar-refractivity contribution in [2.24, 2.45) is 13.0 Å². The molecule has 1 aliphatic heterocycles. The highest BCUT2D eigenvalue weighted by Gasteiger charge is 2.34. The first-order valence-electron chi connectivity index (χ1n) is 9.92. The van der Waals surface area contributed by atoms with E-state index in [9.17, 15) is 4.79 Å². The van der Waals surface area contributed by atoms with E-state index in [1.54, 1.807) is 4.68 Å². The maximum atomic E-state index is 12.9. The molecule has 0 aliphatic carbocycles. The highest BCUT2D eigenvalue weighted by Crippen LogP contribution is 2.28. The summed E-state index contributed by atoms with van der Waals surface area (Å²) in [6.45, 7) is 2.42. The van der Waals surface area contributed by atoms with E-state index in [0.29, 0.717) is 19.7 Å². The molecule has 1 fully saturated rings. The van der Waals surface area contributed by atoms with Crippen molar-refractivity contribution in [2.75, 3.05) is 13.1 Å². The molecule has 0 unspecified atom stereocenters. The second kappa shape index (κ2) is 10.3. The van der Waals surface area contributed by atoms with Crippen molar-refractivity contribution >= 4 is 18.3 Å². The molecule has 158 valence electrons. The van der Waals surface area contributed by atoms with Crippen LogP contribution in [0.3, 0.4) is 0 Å². The number of hydrogen-bond acceptors (Lipinski definition) is 4. The summed E-state index contributed by atoms with van der Waals surface area (Å²) in [4.78, 5) is 12.9. The lowest BCUT2D eigenvalue weighted by Gasteiger charge is -2.18. The fourth-order valence-corrected chi connectivity index (χ4v) is 3.78. The van der Waals surface area contributed by atoms with Crippen molar-refractivity contribution in [2.45, 2.75) is 19.1 Å². The number of halogens is 1. The second-order valence-electron chi connectivity index (χ2n) is 7.42. The standard InChI is InChI=1S/C23H26N4O2.ClH/c1-27-15-19(12-26-27)20-13-24-14-21(20)23(28)25-11-18-9-5-6-10-22(18)29-16-17-7-3-2-4-8-17;/h2-10,12,15,20-21,24H,11,13-14,16H2,1H3,(H,25,28);1H/t20-,21+;/m1./s1. The second-order valence-corrected chi connectivity index (χ2v) is 7.42. The topological polar surface area (TPSA) is 68.2 Å². The molecule has 7 heteroatoms. The molecule has 1 aliphatic rings. The molecule has 2 atom stereocenters. The highest BCUT2D eigenvalue weighted by atomic mass is 35.5. The van der Waals surface area contributed by atoms with E-state index in [2.05, 4.69) is 15.7 Å². The van der Waals surface area contributed by atoms with E-state index in [1.165, 1.54) is 0 Å². The number of aryl methyl sites for hydroxylation is 1. The molecule has 6 nitrogen and oxygen atoms in total. The highest BCUT2D eigenvalue weighted by molar-refractivity contribution is 5.85. The van der Waals surface area contributed by atoms with Crippen LogP contribution in [0.15, 0.2) is 67.0 Å². The Balaban J connectivity index is 0.00000256. The van der Waals surface area contributed by atoms with Crippen LogP contribution < -0.4 is 15.4 Å². The lowest BCUT2D eigenvalue weighted by atomic mass is 9.90. The van der Waals surface area contributed by atoms with E-state index in [-0.39, 0.29) is 30.2 Å². The number of para-hydroxylation sites is 1. The SMILES string of the molecule is Cl.Cn1cc([C@H]2CNC[C@@H]2C(=O)NCc2ccccc2OCc2ccccc2)cn1. The lowest BCUT2D eigenvalue weighted by molar-refractivity contribution is -0.125. The van der Waals surface area contributed by atoms with E-state index in [4.69, 9.17) is 4.74 Å². The van der Waals surface area contributed by atoms with Crippen LogP contribution in [0.1, 0.15) is 22.6 Å². The number of nitrogens with one attached hydrogen (secondary N) is 2. The number of carbonyl (C=O) groups excluding carboxylic acids is 1. The monoisotopic (exact) mass is 426 g/mol. The molecule has 3 aromatic rings. The molecule has 1 aromatic heterocycles. The summed E-state index contributed by atoms with van der Waals surface area (Å²) in [7, 11) is 1.90. The van der Waals surface area contributed by atoms with Crippen molar-refractivity contribution in [3.05, 3.63) is 83.7 Å². The van der Waals surface area contributed by atoms with Crippen molar-refractivity contribution in [1.82, 2.24) is 20.4 Å². The largest absolute Gasteiger partial charge is 0.489 e. The zero-order chi connectivity index (χ0) is 20.1. The third-order valence-electron chi connectivity index (χ3n) is 5.37. The van der Waals surface area contributed by atoms with Gasteiger partial charge in [-0.15, -0.1) is 12.4 Å². The summed E-state index contributed by atoms with van der Waals surface area (Å²) < 4.78 is 7.78. The average molecular weight is 427 g/mol. The molecule has 0 bridgehead atoms. The minimum atomic E-state index is -0.100. The number of nitrogens with zero attached hydrogens (tertiary/aromatic N) is 2. The molecule has 0 saturated carbocycles. The van der Waals surface area contributed by atoms with Gasteiger partial charge in [-0.2, -0.15) is 5.10 Å². The molecule has 2 N–H and O–H groups in total. The number of ether oxygens (including phenoxy) is 1. The third kappa shape index (κ3) is 5.20. The van der Waals surface area contributed by atoms with Crippen LogP contribution in [0.2, 0.25) is 0 Å². The van der Waals surface area contributed by atoms with Crippen molar-refractivity contribution in [3.63, 3.8) is 0 Å². The number of aromatic nitrogens is 2. The van der Waals surface area contributed by atoms with Gasteiger partial charge in [0.15, 0.2) is 0 Å². The smallest absolute Gasteiger partial charge is 0.225 e. The van der Waals surface area contributed by atoms with Crippen molar-refractivity contribution < 1.29 is 9.53 Å². The van der Waals surface area contributed by atoms with Crippen LogP contribution in [0, 0.1) is 5.92 Å². The van der Waals surface area contributed by atoms with Gasteiger partial charge in [0.1, 0.15) is 12.4 Å². The Kier molecular flexibility index (Phi) is 7.49. The number of hydrogen-bond donors (Lipinski definition) is 2. The molecular formula is C23H27ClN4O2. The number of benzene rings is 2. The van der Waals surface area contributed by atoms with Crippen LogP contribution in [-0.4, -0.2) is 28.8 Å². The minimum Gasteiger partial charge on any atom is -0.489 e. The van der Waals surface area contributed by atoms with Crippen molar-refractivity contribution in [1.29, 1.82) is 0 Å². The Hall–Kier alpha value is -2.83. The Morgan fingerprint density at radius 3 is 2.70 bits per heavy atom. The van der Waals surface area contributed by atoms with Crippen molar-refractivity contribution in [3.8, 4) is 5.75 Å². The Bertz CT molecular complexity index is 961. The van der Waals surface area contributed by atoms with Crippen LogP contribution >= 0.6 is 12.4 Å². The van der Waals surface area contributed by atoms with E-state index < -0.39 is 0 Å². The summed E-state index contributed by atoms with van der Waals surface area (Å²) in [5.74, 6) is 0.900. The fraction of sp³-hybridized carbons (Fsp3) is 0.304. The van der Waals surface area contributed by atoms with Crippen LogP contribution in [-0.2, 0) is 25.0 Å². The predicted molar refractivity (Wildman–Crippen MR) is 119 cm³/mol. The molecule has 1 saturated heterocycles. The fourth-order valence-electron chi connectivity index (χ4n) is 3.78. The van der Waals surface area contributed by atoms with Gasteiger partial charge in [0, 0.05) is 44.4 Å². The first-order chi connectivity index (χ1) is 14.2. The van der Waals surface area contributed by atoms with Gasteiger partial charge in [-0.1, -0.05) is 48.5 Å². The molecule has 1 amide bonds. The maximum Gasteiger partial charge on any atom is 0.225 e. The molecule has 0 spiro atoms. The van der Waals surface area contributed by atoms with Crippen LogP contribution in [0.25, 0.3) is 0 Å². The Morgan fingerprint density at radius 2 is 1.93 bits per heavy atom. The molecule has 2 heterocycles. The number of rotatable bonds is 7. The van der Waals surface area contributed by atoms with Gasteiger partial charge < -0.3 is 15.4 Å². The van der Waals surface area contributed by atoms with Gasteiger partial charge in [0.25, 0.3) is 0 Å². The van der Waals surface area contributed by atoms with Gasteiger partial charge in [0.05, 0.1) is 12.1 Å². The number of carbonyl (C=O) groups is 1. The van der Waals surface area contributed by atoms with Gasteiger partial charge in [-0.25, -0.2) is 0 Å². The molecular weight excluding hydrogens is 400 g/mol. The first-order valence-corrected chi connectivity index (χ1v) is 9.92. The summed E-state index contributed by atoms with van der Waals surface area (Å²) in [6.07, 6.45) is 3.84. The molecule has 2 aromatic carbocycles. The van der Waals surface area contributed by atoms with Crippen LogP contribution in [0.4, 0.5) is 0 Å². The summed E-state index contributed by atoms with van der Waals surface area (Å²) >= 11 is 0. The molecule has 30 heavy (non-hydrogen) atoms. The zero-order valence-corrected chi connectivity index (χ0v) is 17.8. The zero-order valence-electron chi connectivity index (χ0n) is 17.0. The van der Waals surface area contributed by atoms with Gasteiger partial charge in [-0.3, -0.25) is 9.48 Å². The predicted octanol–water partition coefficient (Wildman–Crippen LogP) is 3.04. The lowest BCUT2D eigenvalue weighted by Crippen LogP contribution is -2.34. The third-order valence-corrected chi connectivity index (χ3v) is 5.37. The van der Waals surface area contributed by atoms with Gasteiger partial charge >= 0.3 is 0 Å². The summed E-state index contributed by atoms with van der Waals surface area (Å²) in [5, 5.41) is 10.7. The van der Waals surface area contributed by atoms with Gasteiger partial charge in [0.2, 0.25) is 5.91 Å². The summed E-state index contributed by atoms with van der Waals surface area (Å²) in [5.41, 5.74) is 3.19. The average Bonchev–Trinajstić information content (AvgIpc) is 3.40. The maximum absolute atomic E-state index is 12.9. The van der Waals surface area contributed by atoms with E-state index in [0.717, 1.165) is 29.0 Å². The van der Waals surface area contributed by atoms with E-state index >= 15 is 0 Å². The van der Waals surface area contributed by atoms with Crippen LogP contribution in [0.5, 0.6) is 5.75 Å². The molecule has 4 rings (SSSR count). The molecule has 0 radical (unpaired) electrons. The minimum absolute atomic E-state index is 0. The number of amides is 1. The van der Waals surface area contributed by atoms with Gasteiger partial charge in [-0.05, 0) is 17.2 Å². The quantitative estimate of drug-likeness (QED) is 0.609. The van der Waals surface area contributed by atoms with E-state index in [1.807, 2.05) is 74.0 Å². The Labute approximate surface area is 183 Å². The summed E-state index contributed by atoms with van der Waals surface area (Å²) in [6, 6.07) is 17.9.